The molecule has 1 amide bonds. The number of carbonyl (C=O) groups is 2. The molecule has 6 nitrogen and oxygen atoms in total. The van der Waals surface area contributed by atoms with E-state index >= 15 is 0 Å². The molecule has 0 aliphatic carbocycles. The fourth-order valence-corrected chi connectivity index (χ4v) is 3.50. The van der Waals surface area contributed by atoms with Crippen molar-refractivity contribution in [3.63, 3.8) is 0 Å². The number of carbonyl (C=O) groups excluding carboxylic acids is 1. The van der Waals surface area contributed by atoms with E-state index in [2.05, 4.69) is 5.32 Å². The number of carboxylic acids is 1. The van der Waals surface area contributed by atoms with Gasteiger partial charge in [-0.15, -0.1) is 0 Å². The molecule has 0 spiro atoms. The van der Waals surface area contributed by atoms with Gasteiger partial charge in [-0.2, -0.15) is 0 Å². The third kappa shape index (κ3) is 5.48. The predicted octanol–water partition coefficient (Wildman–Crippen LogP) is 0.181. The number of aliphatic carboxylic acids is 1. The molecule has 1 fully saturated rings. The van der Waals surface area contributed by atoms with Crippen molar-refractivity contribution >= 4 is 21.7 Å². The molecule has 0 aromatic rings. The van der Waals surface area contributed by atoms with Crippen molar-refractivity contribution in [2.45, 2.75) is 38.6 Å². The SMILES string of the molecule is CC(CC(=O)O)CC(=O)NC1CCS(=O)(=O)CC1. The maximum absolute atomic E-state index is 11.6. The van der Waals surface area contributed by atoms with Crippen LogP contribution in [0.5, 0.6) is 0 Å². The normalized spacial score (nSPS) is 21.2. The minimum absolute atomic E-state index is 0.0353. The zero-order valence-electron chi connectivity index (χ0n) is 10.4. The Labute approximate surface area is 107 Å². The first kappa shape index (κ1) is 14.9. The smallest absolute Gasteiger partial charge is 0.303 e. The number of hydrogen-bond acceptors (Lipinski definition) is 4. The quantitative estimate of drug-likeness (QED) is 0.746. The molecule has 0 bridgehead atoms. The van der Waals surface area contributed by atoms with Crippen LogP contribution in [0.25, 0.3) is 0 Å². The summed E-state index contributed by atoms with van der Waals surface area (Å²) < 4.78 is 22.4. The van der Waals surface area contributed by atoms with E-state index in [9.17, 15) is 18.0 Å². The topological polar surface area (TPSA) is 101 Å². The van der Waals surface area contributed by atoms with Crippen molar-refractivity contribution in [1.29, 1.82) is 0 Å². The fraction of sp³-hybridized carbons (Fsp3) is 0.818. The number of hydrogen-bond donors (Lipinski definition) is 2. The molecule has 0 aromatic heterocycles. The summed E-state index contributed by atoms with van der Waals surface area (Å²) in [4.78, 5) is 22.1. The van der Waals surface area contributed by atoms with Gasteiger partial charge in [0.1, 0.15) is 9.84 Å². The van der Waals surface area contributed by atoms with Gasteiger partial charge in [0.05, 0.1) is 11.5 Å². The van der Waals surface area contributed by atoms with Gasteiger partial charge in [-0.05, 0) is 18.8 Å². The Balaban J connectivity index is 2.31. The van der Waals surface area contributed by atoms with Crippen LogP contribution in [-0.2, 0) is 19.4 Å². The Hall–Kier alpha value is -1.11. The lowest BCUT2D eigenvalue weighted by Gasteiger charge is -2.23. The Bertz CT molecular complexity index is 403. The summed E-state index contributed by atoms with van der Waals surface area (Å²) in [5.74, 6) is -1.10. The number of sulfone groups is 1. The van der Waals surface area contributed by atoms with Gasteiger partial charge in [-0.1, -0.05) is 6.92 Å². The monoisotopic (exact) mass is 277 g/mol. The second kappa shape index (κ2) is 6.17. The standard InChI is InChI=1S/C11H19NO5S/c1-8(7-11(14)15)6-10(13)12-9-2-4-18(16,17)5-3-9/h8-9H,2-7H2,1H3,(H,12,13)(H,14,15). The second-order valence-corrected chi connectivity index (χ2v) is 7.20. The lowest BCUT2D eigenvalue weighted by atomic mass is 10.0. The molecule has 1 aliphatic heterocycles. The van der Waals surface area contributed by atoms with Crippen LogP contribution in [-0.4, -0.2) is 42.9 Å². The van der Waals surface area contributed by atoms with Crippen LogP contribution in [0.3, 0.4) is 0 Å². The van der Waals surface area contributed by atoms with Crippen LogP contribution in [0.4, 0.5) is 0 Å². The summed E-state index contributed by atoms with van der Waals surface area (Å²) in [6, 6.07) is -0.0990. The summed E-state index contributed by atoms with van der Waals surface area (Å²) in [7, 11) is -2.92. The molecule has 18 heavy (non-hydrogen) atoms. The summed E-state index contributed by atoms with van der Waals surface area (Å²) >= 11 is 0. The van der Waals surface area contributed by atoms with Gasteiger partial charge in [0.15, 0.2) is 0 Å². The van der Waals surface area contributed by atoms with Crippen molar-refractivity contribution in [2.75, 3.05) is 11.5 Å². The highest BCUT2D eigenvalue weighted by atomic mass is 32.2. The van der Waals surface area contributed by atoms with Gasteiger partial charge < -0.3 is 10.4 Å². The molecule has 0 saturated carbocycles. The molecule has 2 N–H and O–H groups in total. The van der Waals surface area contributed by atoms with E-state index in [1.165, 1.54) is 0 Å². The van der Waals surface area contributed by atoms with E-state index in [-0.39, 0.29) is 42.2 Å². The summed E-state index contributed by atoms with van der Waals surface area (Å²) in [5.41, 5.74) is 0. The van der Waals surface area contributed by atoms with Crippen LogP contribution >= 0.6 is 0 Å². The average molecular weight is 277 g/mol. The van der Waals surface area contributed by atoms with Crippen LogP contribution in [0, 0.1) is 5.92 Å². The second-order valence-electron chi connectivity index (χ2n) is 4.90. The zero-order chi connectivity index (χ0) is 13.8. The summed E-state index contributed by atoms with van der Waals surface area (Å²) in [6.45, 7) is 1.71. The zero-order valence-corrected chi connectivity index (χ0v) is 11.2. The predicted molar refractivity (Wildman–Crippen MR) is 65.9 cm³/mol. The van der Waals surface area contributed by atoms with Gasteiger partial charge in [0.25, 0.3) is 0 Å². The number of rotatable bonds is 5. The molecular formula is C11H19NO5S. The highest BCUT2D eigenvalue weighted by molar-refractivity contribution is 7.91. The Morgan fingerprint density at radius 3 is 2.33 bits per heavy atom. The van der Waals surface area contributed by atoms with Gasteiger partial charge >= 0.3 is 5.97 Å². The van der Waals surface area contributed by atoms with Gasteiger partial charge in [-0.25, -0.2) is 8.42 Å². The molecular weight excluding hydrogens is 258 g/mol. The first-order chi connectivity index (χ1) is 8.28. The molecule has 0 aromatic carbocycles. The Morgan fingerprint density at radius 2 is 1.83 bits per heavy atom. The van der Waals surface area contributed by atoms with Gasteiger partial charge in [0, 0.05) is 18.9 Å². The minimum atomic E-state index is -2.92. The Morgan fingerprint density at radius 1 is 1.28 bits per heavy atom. The first-order valence-corrected chi connectivity index (χ1v) is 7.82. The van der Waals surface area contributed by atoms with Crippen molar-refractivity contribution in [1.82, 2.24) is 5.32 Å². The van der Waals surface area contributed by atoms with Crippen LogP contribution in [0.2, 0.25) is 0 Å². The van der Waals surface area contributed by atoms with Gasteiger partial charge in [-0.3, -0.25) is 9.59 Å². The van der Waals surface area contributed by atoms with Crippen molar-refractivity contribution in [2.24, 2.45) is 5.92 Å². The first-order valence-electron chi connectivity index (χ1n) is 6.00. The lowest BCUT2D eigenvalue weighted by Crippen LogP contribution is -2.41. The van der Waals surface area contributed by atoms with E-state index in [1.807, 2.05) is 0 Å². The largest absolute Gasteiger partial charge is 0.481 e. The highest BCUT2D eigenvalue weighted by Gasteiger charge is 2.25. The molecule has 1 saturated heterocycles. The van der Waals surface area contributed by atoms with Crippen molar-refractivity contribution < 1.29 is 23.1 Å². The molecule has 1 aliphatic rings. The fourth-order valence-electron chi connectivity index (χ4n) is 2.01. The number of nitrogens with one attached hydrogen (secondary N) is 1. The van der Waals surface area contributed by atoms with E-state index < -0.39 is 15.8 Å². The highest BCUT2D eigenvalue weighted by Crippen LogP contribution is 2.13. The van der Waals surface area contributed by atoms with Crippen LogP contribution in [0.1, 0.15) is 32.6 Å². The third-order valence-corrected chi connectivity index (χ3v) is 4.69. The van der Waals surface area contributed by atoms with E-state index in [0.29, 0.717) is 12.8 Å². The molecule has 1 heterocycles. The molecule has 7 heteroatoms. The van der Waals surface area contributed by atoms with E-state index in [1.54, 1.807) is 6.92 Å². The number of carboxylic acid groups (broad SMARTS) is 1. The average Bonchev–Trinajstić information content (AvgIpc) is 2.19. The summed E-state index contributed by atoms with van der Waals surface area (Å²) in [5, 5.41) is 11.3. The molecule has 1 atom stereocenters. The molecule has 104 valence electrons. The molecule has 1 unspecified atom stereocenters. The number of amides is 1. The van der Waals surface area contributed by atoms with Crippen molar-refractivity contribution in [3.8, 4) is 0 Å². The third-order valence-electron chi connectivity index (χ3n) is 2.98. The molecule has 0 radical (unpaired) electrons. The minimum Gasteiger partial charge on any atom is -0.481 e. The summed E-state index contributed by atoms with van der Waals surface area (Å²) in [6.07, 6.45) is 1.02. The van der Waals surface area contributed by atoms with Crippen LogP contribution < -0.4 is 5.32 Å². The van der Waals surface area contributed by atoms with E-state index in [4.69, 9.17) is 5.11 Å². The van der Waals surface area contributed by atoms with E-state index in [0.717, 1.165) is 0 Å². The maximum Gasteiger partial charge on any atom is 0.303 e. The van der Waals surface area contributed by atoms with Crippen LogP contribution in [0.15, 0.2) is 0 Å². The molecule has 1 rings (SSSR count). The maximum atomic E-state index is 11.6. The van der Waals surface area contributed by atoms with Crippen molar-refractivity contribution in [3.05, 3.63) is 0 Å². The Kier molecular flexibility index (Phi) is 5.13. The van der Waals surface area contributed by atoms with Gasteiger partial charge in [0.2, 0.25) is 5.91 Å². The lowest BCUT2D eigenvalue weighted by molar-refractivity contribution is -0.138.